The number of aromatic nitrogens is 3. The maximum atomic E-state index is 12.8. The van der Waals surface area contributed by atoms with Crippen molar-refractivity contribution in [2.24, 2.45) is 0 Å². The molecule has 170 valence electrons. The predicted octanol–water partition coefficient (Wildman–Crippen LogP) is 4.88. The summed E-state index contributed by atoms with van der Waals surface area (Å²) in [5, 5.41) is 17.5. The number of esters is 1. The van der Waals surface area contributed by atoms with E-state index in [1.165, 1.54) is 11.8 Å². The molecule has 1 aromatic heterocycles. The third-order valence-electron chi connectivity index (χ3n) is 5.08. The summed E-state index contributed by atoms with van der Waals surface area (Å²) in [5.74, 6) is -0.242. The zero-order valence-electron chi connectivity index (χ0n) is 17.9. The number of fused-ring (bicyclic) bond motifs is 1. The molecule has 0 amide bonds. The van der Waals surface area contributed by atoms with Crippen LogP contribution in [0.15, 0.2) is 69.4 Å². The van der Waals surface area contributed by atoms with Crippen molar-refractivity contribution < 1.29 is 19.4 Å². The Kier molecular flexibility index (Phi) is 6.85. The number of benzene rings is 2. The Morgan fingerprint density at radius 1 is 1.18 bits per heavy atom. The fourth-order valence-electron chi connectivity index (χ4n) is 3.51. The van der Waals surface area contributed by atoms with Crippen LogP contribution in [0.3, 0.4) is 0 Å². The van der Waals surface area contributed by atoms with E-state index in [-0.39, 0.29) is 12.2 Å². The van der Waals surface area contributed by atoms with Crippen molar-refractivity contribution in [3.8, 4) is 0 Å². The van der Waals surface area contributed by atoms with Crippen LogP contribution in [-0.4, -0.2) is 38.4 Å². The van der Waals surface area contributed by atoms with Crippen LogP contribution in [0.1, 0.15) is 41.4 Å². The first-order valence-electron chi connectivity index (χ1n) is 10.2. The molecule has 2 N–H and O–H groups in total. The number of aromatic carboxylic acids is 1. The van der Waals surface area contributed by atoms with Gasteiger partial charge in [0.1, 0.15) is 6.04 Å². The highest BCUT2D eigenvalue weighted by Gasteiger charge is 2.35. The lowest BCUT2D eigenvalue weighted by atomic mass is 9.96. The first-order chi connectivity index (χ1) is 15.9. The second-order valence-electron chi connectivity index (χ2n) is 7.29. The monoisotopic (exact) mass is 528 g/mol. The van der Waals surface area contributed by atoms with E-state index in [0.29, 0.717) is 28.1 Å². The number of allylic oxidation sites excluding steroid dienone is 1. The van der Waals surface area contributed by atoms with E-state index in [0.717, 1.165) is 15.6 Å². The molecule has 0 radical (unpaired) electrons. The number of nitrogens with zero attached hydrogens (tertiary/aromatic N) is 3. The summed E-state index contributed by atoms with van der Waals surface area (Å²) in [6, 6.07) is 13.9. The number of rotatable bonds is 7. The average molecular weight is 529 g/mol. The van der Waals surface area contributed by atoms with Crippen LogP contribution >= 0.6 is 27.7 Å². The average Bonchev–Trinajstić information content (AvgIpc) is 3.20. The molecule has 0 fully saturated rings. The van der Waals surface area contributed by atoms with Crippen LogP contribution in [-0.2, 0) is 15.3 Å². The minimum atomic E-state index is -0.956. The van der Waals surface area contributed by atoms with E-state index < -0.39 is 18.0 Å². The highest BCUT2D eigenvalue weighted by atomic mass is 79.9. The standard InChI is InChI=1S/C23H21BrN4O4S/c1-3-32-21(31)18-13(2)25-22-26-23(33-12-14-4-6-16(7-5-14)20(29)30)27-28(22)19(18)15-8-10-17(24)11-9-15/h4-11,19H,3,12H2,1-2H3,(H,29,30)(H,25,26,27). The molecule has 0 saturated carbocycles. The van der Waals surface area contributed by atoms with Gasteiger partial charge in [-0.3, -0.25) is 0 Å². The SMILES string of the molecule is CCOC(=O)C1=C(C)Nc2nc(SCc3ccc(C(=O)O)cc3)nn2C1c1ccc(Br)cc1. The van der Waals surface area contributed by atoms with Crippen molar-refractivity contribution in [3.05, 3.63) is 81.0 Å². The van der Waals surface area contributed by atoms with E-state index in [4.69, 9.17) is 9.84 Å². The van der Waals surface area contributed by atoms with Gasteiger partial charge in [-0.15, -0.1) is 5.10 Å². The largest absolute Gasteiger partial charge is 0.478 e. The van der Waals surface area contributed by atoms with Gasteiger partial charge in [-0.1, -0.05) is 52.0 Å². The summed E-state index contributed by atoms with van der Waals surface area (Å²) in [6.07, 6.45) is 0. The van der Waals surface area contributed by atoms with Gasteiger partial charge >= 0.3 is 11.9 Å². The summed E-state index contributed by atoms with van der Waals surface area (Å²) in [7, 11) is 0. The maximum Gasteiger partial charge on any atom is 0.338 e. The number of carbonyl (C=O) groups is 2. The molecule has 1 atom stereocenters. The van der Waals surface area contributed by atoms with Crippen LogP contribution in [0.25, 0.3) is 0 Å². The normalized spacial score (nSPS) is 15.1. The lowest BCUT2D eigenvalue weighted by Crippen LogP contribution is -2.29. The van der Waals surface area contributed by atoms with Gasteiger partial charge in [0.25, 0.3) is 0 Å². The molecule has 0 aliphatic carbocycles. The van der Waals surface area contributed by atoms with Crippen molar-refractivity contribution in [2.45, 2.75) is 30.8 Å². The van der Waals surface area contributed by atoms with Gasteiger partial charge in [0.15, 0.2) is 0 Å². The van der Waals surface area contributed by atoms with E-state index in [1.54, 1.807) is 35.9 Å². The first-order valence-corrected chi connectivity index (χ1v) is 12.0. The molecule has 1 unspecified atom stereocenters. The Bertz CT molecular complexity index is 1220. The molecule has 33 heavy (non-hydrogen) atoms. The minimum absolute atomic E-state index is 0.244. The lowest BCUT2D eigenvalue weighted by molar-refractivity contribution is -0.139. The molecular weight excluding hydrogens is 508 g/mol. The van der Waals surface area contributed by atoms with Gasteiger partial charge < -0.3 is 15.2 Å². The number of hydrogen-bond donors (Lipinski definition) is 2. The molecule has 0 bridgehead atoms. The van der Waals surface area contributed by atoms with Crippen LogP contribution in [0.5, 0.6) is 0 Å². The zero-order valence-corrected chi connectivity index (χ0v) is 20.3. The highest BCUT2D eigenvalue weighted by Crippen LogP contribution is 2.37. The molecule has 3 aromatic rings. The summed E-state index contributed by atoms with van der Waals surface area (Å²) in [5.41, 5.74) is 3.24. The Hall–Kier alpha value is -3.11. The van der Waals surface area contributed by atoms with E-state index >= 15 is 0 Å². The number of anilines is 1. The molecule has 2 heterocycles. The van der Waals surface area contributed by atoms with Gasteiger partial charge in [0, 0.05) is 15.9 Å². The molecule has 0 spiro atoms. The smallest absolute Gasteiger partial charge is 0.338 e. The summed E-state index contributed by atoms with van der Waals surface area (Å²) in [6.45, 7) is 3.87. The van der Waals surface area contributed by atoms with Crippen molar-refractivity contribution in [3.63, 3.8) is 0 Å². The lowest BCUT2D eigenvalue weighted by Gasteiger charge is -2.28. The third kappa shape index (κ3) is 4.96. The Morgan fingerprint density at radius 3 is 2.52 bits per heavy atom. The molecule has 4 rings (SSSR count). The molecule has 0 saturated heterocycles. The van der Waals surface area contributed by atoms with Crippen molar-refractivity contribution >= 4 is 45.6 Å². The van der Waals surface area contributed by atoms with Gasteiger partial charge in [-0.05, 0) is 49.2 Å². The molecule has 10 heteroatoms. The highest BCUT2D eigenvalue weighted by molar-refractivity contribution is 9.10. The fraction of sp³-hybridized carbons (Fsp3) is 0.217. The molecule has 1 aliphatic rings. The molecule has 2 aromatic carbocycles. The van der Waals surface area contributed by atoms with Crippen molar-refractivity contribution in [2.75, 3.05) is 11.9 Å². The number of ether oxygens (including phenoxy) is 1. The Morgan fingerprint density at radius 2 is 1.88 bits per heavy atom. The topological polar surface area (TPSA) is 106 Å². The number of hydrogen-bond acceptors (Lipinski definition) is 7. The predicted molar refractivity (Wildman–Crippen MR) is 128 cm³/mol. The van der Waals surface area contributed by atoms with Gasteiger partial charge in [0.2, 0.25) is 11.1 Å². The van der Waals surface area contributed by atoms with Crippen LogP contribution < -0.4 is 5.32 Å². The molecule has 1 aliphatic heterocycles. The van der Waals surface area contributed by atoms with Crippen LogP contribution in [0, 0.1) is 0 Å². The maximum absolute atomic E-state index is 12.8. The quantitative estimate of drug-likeness (QED) is 0.330. The minimum Gasteiger partial charge on any atom is -0.478 e. The molecule has 8 nitrogen and oxygen atoms in total. The van der Waals surface area contributed by atoms with Gasteiger partial charge in [-0.2, -0.15) is 4.98 Å². The Balaban J connectivity index is 1.63. The number of carbonyl (C=O) groups excluding carboxylic acids is 1. The van der Waals surface area contributed by atoms with Crippen molar-refractivity contribution in [1.82, 2.24) is 14.8 Å². The second-order valence-corrected chi connectivity index (χ2v) is 9.15. The second kappa shape index (κ2) is 9.80. The summed E-state index contributed by atoms with van der Waals surface area (Å²) < 4.78 is 7.97. The van der Waals surface area contributed by atoms with Crippen LogP contribution in [0.4, 0.5) is 5.95 Å². The van der Waals surface area contributed by atoms with E-state index in [2.05, 4.69) is 31.3 Å². The number of carboxylic acids is 1. The summed E-state index contributed by atoms with van der Waals surface area (Å²) >= 11 is 4.88. The molecular formula is C23H21BrN4O4S. The van der Waals surface area contributed by atoms with Gasteiger partial charge in [-0.25, -0.2) is 14.3 Å². The summed E-state index contributed by atoms with van der Waals surface area (Å²) in [4.78, 5) is 28.5. The third-order valence-corrected chi connectivity index (χ3v) is 6.52. The number of nitrogens with one attached hydrogen (secondary N) is 1. The number of thioether (sulfide) groups is 1. The van der Waals surface area contributed by atoms with E-state index in [9.17, 15) is 9.59 Å². The fourth-order valence-corrected chi connectivity index (χ4v) is 4.56. The van der Waals surface area contributed by atoms with E-state index in [1.807, 2.05) is 31.2 Å². The van der Waals surface area contributed by atoms with Crippen molar-refractivity contribution in [1.29, 1.82) is 0 Å². The van der Waals surface area contributed by atoms with Gasteiger partial charge in [0.05, 0.1) is 17.7 Å². The Labute approximate surface area is 203 Å². The number of halogens is 1. The van der Waals surface area contributed by atoms with Crippen LogP contribution in [0.2, 0.25) is 0 Å². The first kappa shape index (κ1) is 23.1. The zero-order chi connectivity index (χ0) is 23.5. The number of carboxylic acid groups (broad SMARTS) is 1.